The molecule has 1 aromatic rings. The van der Waals surface area contributed by atoms with Crippen LogP contribution < -0.4 is 5.32 Å². The van der Waals surface area contributed by atoms with Gasteiger partial charge in [-0.05, 0) is 18.1 Å². The van der Waals surface area contributed by atoms with Gasteiger partial charge in [0.1, 0.15) is 0 Å². The largest absolute Gasteiger partial charge is 0.481 e. The summed E-state index contributed by atoms with van der Waals surface area (Å²) in [6, 6.07) is 7.78. The zero-order chi connectivity index (χ0) is 13.5. The molecule has 3 N–H and O–H groups in total. The summed E-state index contributed by atoms with van der Waals surface area (Å²) in [6.07, 6.45) is -0.365. The Morgan fingerprint density at radius 2 is 1.94 bits per heavy atom. The summed E-state index contributed by atoms with van der Waals surface area (Å²) in [6.45, 7) is 2.66. The Morgan fingerprint density at radius 3 is 2.50 bits per heavy atom. The summed E-state index contributed by atoms with van der Waals surface area (Å²) < 4.78 is 0. The van der Waals surface area contributed by atoms with E-state index in [4.69, 9.17) is 10.2 Å². The van der Waals surface area contributed by atoms with Crippen LogP contribution >= 0.6 is 0 Å². The van der Waals surface area contributed by atoms with Gasteiger partial charge in [-0.15, -0.1) is 0 Å². The highest BCUT2D eigenvalue weighted by Gasteiger charge is 2.20. The predicted molar refractivity (Wildman–Crippen MR) is 66.3 cm³/mol. The Morgan fingerprint density at radius 1 is 1.28 bits per heavy atom. The number of nitrogens with one attached hydrogen (secondary N) is 1. The molecular formula is C13H17NO4. The van der Waals surface area contributed by atoms with E-state index in [0.717, 1.165) is 11.1 Å². The van der Waals surface area contributed by atoms with Crippen molar-refractivity contribution in [3.63, 3.8) is 0 Å². The molecule has 1 unspecified atom stereocenters. The molecule has 5 heteroatoms. The fraction of sp³-hybridized carbons (Fsp3) is 0.385. The molecule has 0 aliphatic rings. The molecule has 5 nitrogen and oxygen atoms in total. The van der Waals surface area contributed by atoms with Crippen LogP contribution in [0, 0.1) is 12.8 Å². The lowest BCUT2D eigenvalue weighted by atomic mass is 10.1. The highest BCUT2D eigenvalue weighted by molar-refractivity contribution is 5.77. The molecule has 0 saturated carbocycles. The predicted octanol–water partition coefficient (Wildman–Crippen LogP) is 1.26. The van der Waals surface area contributed by atoms with Crippen molar-refractivity contribution < 1.29 is 19.8 Å². The van der Waals surface area contributed by atoms with Gasteiger partial charge in [-0.25, -0.2) is 0 Å². The van der Waals surface area contributed by atoms with Crippen molar-refractivity contribution in [2.24, 2.45) is 5.92 Å². The minimum Gasteiger partial charge on any atom is -0.481 e. The van der Waals surface area contributed by atoms with E-state index < -0.39 is 17.9 Å². The van der Waals surface area contributed by atoms with Crippen molar-refractivity contribution in [3.8, 4) is 0 Å². The highest BCUT2D eigenvalue weighted by atomic mass is 16.4. The Hall–Kier alpha value is -1.88. The Labute approximate surface area is 105 Å². The first-order valence-electron chi connectivity index (χ1n) is 5.70. The Kier molecular flexibility index (Phi) is 5.32. The fourth-order valence-corrected chi connectivity index (χ4v) is 1.65. The topological polar surface area (TPSA) is 86.6 Å². The summed E-state index contributed by atoms with van der Waals surface area (Å²) in [5, 5.41) is 20.5. The van der Waals surface area contributed by atoms with E-state index in [2.05, 4.69) is 5.32 Å². The van der Waals surface area contributed by atoms with Crippen LogP contribution in [0.3, 0.4) is 0 Å². The maximum Gasteiger partial charge on any atom is 0.308 e. The van der Waals surface area contributed by atoms with Crippen LogP contribution in [-0.4, -0.2) is 28.7 Å². The van der Waals surface area contributed by atoms with Gasteiger partial charge in [0.15, 0.2) is 0 Å². The number of hydrogen-bond donors (Lipinski definition) is 3. The smallest absolute Gasteiger partial charge is 0.308 e. The molecule has 18 heavy (non-hydrogen) atoms. The van der Waals surface area contributed by atoms with Gasteiger partial charge in [0.05, 0.1) is 12.3 Å². The fourth-order valence-electron chi connectivity index (χ4n) is 1.65. The number of carboxylic acids is 2. The number of aryl methyl sites for hydroxylation is 1. The van der Waals surface area contributed by atoms with Gasteiger partial charge in [-0.3, -0.25) is 9.59 Å². The van der Waals surface area contributed by atoms with Crippen molar-refractivity contribution in [2.45, 2.75) is 19.9 Å². The molecule has 0 saturated heterocycles. The standard InChI is InChI=1S/C13H17NO4/c1-9-4-2-3-5-10(9)7-14-8-11(13(17)18)6-12(15)16/h2-5,11,14H,6-8H2,1H3,(H,15,16)(H,17,18). The van der Waals surface area contributed by atoms with Crippen LogP contribution in [0.15, 0.2) is 24.3 Å². The molecule has 0 aromatic heterocycles. The van der Waals surface area contributed by atoms with Crippen LogP contribution in [0.2, 0.25) is 0 Å². The first kappa shape index (κ1) is 14.2. The van der Waals surface area contributed by atoms with Crippen molar-refractivity contribution in [3.05, 3.63) is 35.4 Å². The van der Waals surface area contributed by atoms with Gasteiger partial charge >= 0.3 is 11.9 Å². The maximum absolute atomic E-state index is 10.8. The average molecular weight is 251 g/mol. The van der Waals surface area contributed by atoms with E-state index in [1.165, 1.54) is 0 Å². The number of benzene rings is 1. The zero-order valence-corrected chi connectivity index (χ0v) is 10.2. The van der Waals surface area contributed by atoms with Gasteiger partial charge in [-0.1, -0.05) is 24.3 Å². The number of aliphatic carboxylic acids is 2. The molecule has 0 amide bonds. The minimum absolute atomic E-state index is 0.149. The molecular weight excluding hydrogens is 234 g/mol. The third kappa shape index (κ3) is 4.55. The van der Waals surface area contributed by atoms with Crippen molar-refractivity contribution in [1.29, 1.82) is 0 Å². The summed E-state index contributed by atoms with van der Waals surface area (Å²) in [5.41, 5.74) is 2.20. The summed E-state index contributed by atoms with van der Waals surface area (Å²) >= 11 is 0. The monoisotopic (exact) mass is 251 g/mol. The number of carbonyl (C=O) groups is 2. The van der Waals surface area contributed by atoms with Gasteiger partial charge in [0, 0.05) is 13.1 Å². The minimum atomic E-state index is -1.10. The average Bonchev–Trinajstić information content (AvgIpc) is 2.29. The maximum atomic E-state index is 10.8. The third-order valence-electron chi connectivity index (χ3n) is 2.74. The zero-order valence-electron chi connectivity index (χ0n) is 10.2. The Bertz CT molecular complexity index is 431. The number of carboxylic acid groups (broad SMARTS) is 2. The third-order valence-corrected chi connectivity index (χ3v) is 2.74. The molecule has 1 aromatic carbocycles. The quantitative estimate of drug-likeness (QED) is 0.679. The second-order valence-corrected chi connectivity index (χ2v) is 4.19. The van der Waals surface area contributed by atoms with Crippen LogP contribution in [-0.2, 0) is 16.1 Å². The second kappa shape index (κ2) is 6.76. The lowest BCUT2D eigenvalue weighted by Gasteiger charge is -2.12. The first-order chi connectivity index (χ1) is 8.50. The lowest BCUT2D eigenvalue weighted by Crippen LogP contribution is -2.30. The molecule has 0 spiro atoms. The summed E-state index contributed by atoms with van der Waals surface area (Å²) in [4.78, 5) is 21.4. The van der Waals surface area contributed by atoms with E-state index in [9.17, 15) is 9.59 Å². The summed E-state index contributed by atoms with van der Waals surface area (Å²) in [5.74, 6) is -3.08. The van der Waals surface area contributed by atoms with Crippen LogP contribution in [0.4, 0.5) is 0 Å². The van der Waals surface area contributed by atoms with Crippen molar-refractivity contribution in [1.82, 2.24) is 5.32 Å². The first-order valence-corrected chi connectivity index (χ1v) is 5.70. The van der Waals surface area contributed by atoms with E-state index in [-0.39, 0.29) is 13.0 Å². The van der Waals surface area contributed by atoms with Gasteiger partial charge in [0.2, 0.25) is 0 Å². The van der Waals surface area contributed by atoms with E-state index >= 15 is 0 Å². The van der Waals surface area contributed by atoms with Gasteiger partial charge < -0.3 is 15.5 Å². The molecule has 1 atom stereocenters. The SMILES string of the molecule is Cc1ccccc1CNCC(CC(=O)O)C(=O)O. The highest BCUT2D eigenvalue weighted by Crippen LogP contribution is 2.07. The van der Waals surface area contributed by atoms with Crippen LogP contribution in [0.5, 0.6) is 0 Å². The van der Waals surface area contributed by atoms with Crippen LogP contribution in [0.25, 0.3) is 0 Å². The second-order valence-electron chi connectivity index (χ2n) is 4.19. The molecule has 0 bridgehead atoms. The molecule has 0 heterocycles. The number of hydrogen-bond acceptors (Lipinski definition) is 3. The van der Waals surface area contributed by atoms with Crippen LogP contribution in [0.1, 0.15) is 17.5 Å². The molecule has 0 fully saturated rings. The molecule has 0 radical (unpaired) electrons. The van der Waals surface area contributed by atoms with Gasteiger partial charge in [0.25, 0.3) is 0 Å². The van der Waals surface area contributed by atoms with Crippen molar-refractivity contribution in [2.75, 3.05) is 6.54 Å². The number of rotatable bonds is 7. The summed E-state index contributed by atoms with van der Waals surface area (Å²) in [7, 11) is 0. The van der Waals surface area contributed by atoms with E-state index in [0.29, 0.717) is 6.54 Å². The van der Waals surface area contributed by atoms with Crippen molar-refractivity contribution >= 4 is 11.9 Å². The molecule has 0 aliphatic carbocycles. The van der Waals surface area contributed by atoms with E-state index in [1.54, 1.807) is 0 Å². The molecule has 98 valence electrons. The molecule has 1 rings (SSSR count). The van der Waals surface area contributed by atoms with Gasteiger partial charge in [-0.2, -0.15) is 0 Å². The Balaban J connectivity index is 2.46. The lowest BCUT2D eigenvalue weighted by molar-refractivity contribution is -0.148. The molecule has 0 aliphatic heterocycles. The van der Waals surface area contributed by atoms with E-state index in [1.807, 2.05) is 31.2 Å². The normalized spacial score (nSPS) is 12.1.